The maximum atomic E-state index is 13.7. The third kappa shape index (κ3) is 3.68. The van der Waals surface area contributed by atoms with Gasteiger partial charge in [-0.25, -0.2) is 4.39 Å². The lowest BCUT2D eigenvalue weighted by Crippen LogP contribution is -2.42. The Hall–Kier alpha value is -3.35. The van der Waals surface area contributed by atoms with Gasteiger partial charge in [-0.3, -0.25) is 19.6 Å². The minimum Gasteiger partial charge on any atom is -0.496 e. The number of ketones is 1. The van der Waals surface area contributed by atoms with Crippen molar-refractivity contribution in [3.05, 3.63) is 65.7 Å². The van der Waals surface area contributed by atoms with E-state index in [2.05, 4.69) is 9.97 Å². The van der Waals surface area contributed by atoms with Gasteiger partial charge in [0, 0.05) is 31.4 Å². The lowest BCUT2D eigenvalue weighted by Gasteiger charge is -2.32. The van der Waals surface area contributed by atoms with Crippen LogP contribution in [0.1, 0.15) is 33.6 Å². The van der Waals surface area contributed by atoms with Crippen molar-refractivity contribution in [3.63, 3.8) is 0 Å². The first-order valence-electron chi connectivity index (χ1n) is 9.45. The van der Waals surface area contributed by atoms with E-state index < -0.39 is 11.7 Å². The number of fused-ring (bicyclic) bond motifs is 1. The molecule has 0 radical (unpaired) electrons. The second kappa shape index (κ2) is 7.95. The maximum Gasteiger partial charge on any atom is 0.256 e. The molecular weight excluding hydrogens is 373 g/mol. The molecule has 0 N–H and O–H groups in total. The largest absolute Gasteiger partial charge is 0.496 e. The van der Waals surface area contributed by atoms with Gasteiger partial charge in [0.1, 0.15) is 17.1 Å². The second-order valence-electron chi connectivity index (χ2n) is 7.03. The van der Waals surface area contributed by atoms with Gasteiger partial charge < -0.3 is 9.64 Å². The summed E-state index contributed by atoms with van der Waals surface area (Å²) in [7, 11) is 1.45. The van der Waals surface area contributed by atoms with E-state index in [0.29, 0.717) is 41.7 Å². The van der Waals surface area contributed by atoms with Crippen molar-refractivity contribution in [1.29, 1.82) is 0 Å². The Kier molecular flexibility index (Phi) is 5.20. The van der Waals surface area contributed by atoms with Crippen molar-refractivity contribution in [2.45, 2.75) is 12.8 Å². The Morgan fingerprint density at radius 2 is 1.97 bits per heavy atom. The van der Waals surface area contributed by atoms with E-state index in [1.54, 1.807) is 35.5 Å². The van der Waals surface area contributed by atoms with E-state index in [1.165, 1.54) is 25.3 Å². The SMILES string of the molecule is COc1ccc(F)cc1C(=O)C1CCCN(C(=O)c2cccc3nccnc23)C1. The Morgan fingerprint density at radius 3 is 2.79 bits per heavy atom. The van der Waals surface area contributed by atoms with Crippen molar-refractivity contribution in [1.82, 2.24) is 14.9 Å². The number of ether oxygens (including phenoxy) is 1. The van der Waals surface area contributed by atoms with Crippen molar-refractivity contribution < 1.29 is 18.7 Å². The summed E-state index contributed by atoms with van der Waals surface area (Å²) in [5.41, 5.74) is 1.86. The van der Waals surface area contributed by atoms with Crippen molar-refractivity contribution >= 4 is 22.7 Å². The van der Waals surface area contributed by atoms with Gasteiger partial charge in [0.05, 0.1) is 23.8 Å². The van der Waals surface area contributed by atoms with Crippen molar-refractivity contribution in [2.24, 2.45) is 5.92 Å². The first-order valence-corrected chi connectivity index (χ1v) is 9.45. The van der Waals surface area contributed by atoms with Crippen LogP contribution in [0.4, 0.5) is 4.39 Å². The third-order valence-electron chi connectivity index (χ3n) is 5.24. The topological polar surface area (TPSA) is 72.4 Å². The van der Waals surface area contributed by atoms with Gasteiger partial charge in [0.2, 0.25) is 0 Å². The summed E-state index contributed by atoms with van der Waals surface area (Å²) in [6, 6.07) is 9.20. The Morgan fingerprint density at radius 1 is 1.14 bits per heavy atom. The number of hydrogen-bond donors (Lipinski definition) is 0. The first-order chi connectivity index (χ1) is 14.1. The number of halogens is 1. The van der Waals surface area contributed by atoms with Crippen LogP contribution < -0.4 is 4.74 Å². The van der Waals surface area contributed by atoms with Gasteiger partial charge in [0.25, 0.3) is 5.91 Å². The van der Waals surface area contributed by atoms with E-state index in [0.717, 1.165) is 0 Å². The summed E-state index contributed by atoms with van der Waals surface area (Å²) in [6.45, 7) is 0.827. The standard InChI is InChI=1S/C22H20FN3O3/c1-29-19-8-7-15(23)12-17(19)21(27)14-4-3-11-26(13-14)22(28)16-5-2-6-18-20(16)25-10-9-24-18/h2,5-10,12,14H,3-4,11,13H2,1H3. The number of para-hydroxylation sites is 1. The highest BCUT2D eigenvalue weighted by atomic mass is 19.1. The fraction of sp³-hybridized carbons (Fsp3) is 0.273. The zero-order valence-electron chi connectivity index (χ0n) is 16.0. The molecule has 0 spiro atoms. The quantitative estimate of drug-likeness (QED) is 0.635. The molecule has 29 heavy (non-hydrogen) atoms. The number of likely N-dealkylation sites (tertiary alicyclic amines) is 1. The Bertz CT molecular complexity index is 1080. The van der Waals surface area contributed by atoms with Crippen LogP contribution in [0.25, 0.3) is 11.0 Å². The predicted molar refractivity (Wildman–Crippen MR) is 105 cm³/mol. The normalized spacial score (nSPS) is 16.6. The van der Waals surface area contributed by atoms with Gasteiger partial charge in [-0.05, 0) is 43.2 Å². The number of benzene rings is 2. The van der Waals surface area contributed by atoms with Crippen LogP contribution in [0.5, 0.6) is 5.75 Å². The van der Waals surface area contributed by atoms with Crippen LogP contribution in [0.3, 0.4) is 0 Å². The van der Waals surface area contributed by atoms with E-state index in [4.69, 9.17) is 4.74 Å². The molecule has 2 aromatic carbocycles. The number of methoxy groups -OCH3 is 1. The molecule has 1 aromatic heterocycles. The molecule has 1 unspecified atom stereocenters. The van der Waals surface area contributed by atoms with Crippen LogP contribution >= 0.6 is 0 Å². The summed E-state index contributed by atoms with van der Waals surface area (Å²) in [4.78, 5) is 36.4. The minimum atomic E-state index is -0.493. The number of carbonyl (C=O) groups excluding carboxylic acids is 2. The van der Waals surface area contributed by atoms with Gasteiger partial charge in [-0.2, -0.15) is 0 Å². The van der Waals surface area contributed by atoms with Crippen molar-refractivity contribution in [3.8, 4) is 5.75 Å². The number of hydrogen-bond acceptors (Lipinski definition) is 5. The zero-order chi connectivity index (χ0) is 20.4. The second-order valence-corrected chi connectivity index (χ2v) is 7.03. The van der Waals surface area contributed by atoms with E-state index >= 15 is 0 Å². The molecular formula is C22H20FN3O3. The minimum absolute atomic E-state index is 0.181. The Balaban J connectivity index is 1.59. The third-order valence-corrected chi connectivity index (χ3v) is 5.24. The van der Waals surface area contributed by atoms with Crippen LogP contribution in [0, 0.1) is 11.7 Å². The maximum absolute atomic E-state index is 13.7. The number of rotatable bonds is 4. The lowest BCUT2D eigenvalue weighted by molar-refractivity contribution is 0.0637. The summed E-state index contributed by atoms with van der Waals surface area (Å²) >= 11 is 0. The van der Waals surface area contributed by atoms with Crippen molar-refractivity contribution in [2.75, 3.05) is 20.2 Å². The number of aromatic nitrogens is 2. The van der Waals surface area contributed by atoms with Gasteiger partial charge in [-0.1, -0.05) is 6.07 Å². The lowest BCUT2D eigenvalue weighted by atomic mass is 9.89. The van der Waals surface area contributed by atoms with Gasteiger partial charge >= 0.3 is 0 Å². The fourth-order valence-electron chi connectivity index (χ4n) is 3.80. The van der Waals surface area contributed by atoms with Crippen LogP contribution in [0.15, 0.2) is 48.8 Å². The molecule has 2 heterocycles. The fourth-order valence-corrected chi connectivity index (χ4v) is 3.80. The molecule has 0 aliphatic carbocycles. The molecule has 148 valence electrons. The number of Topliss-reactive ketones (excluding diaryl/α,β-unsaturated/α-hetero) is 1. The highest BCUT2D eigenvalue weighted by Crippen LogP contribution is 2.28. The molecule has 1 atom stereocenters. The molecule has 7 heteroatoms. The molecule has 1 fully saturated rings. The number of nitrogens with zero attached hydrogens (tertiary/aromatic N) is 3. The summed E-state index contributed by atoms with van der Waals surface area (Å²) in [5, 5.41) is 0. The monoisotopic (exact) mass is 393 g/mol. The van der Waals surface area contributed by atoms with E-state index in [9.17, 15) is 14.0 Å². The number of carbonyl (C=O) groups is 2. The molecule has 1 amide bonds. The Labute approximate surface area is 167 Å². The number of amides is 1. The van der Waals surface area contributed by atoms with Crippen LogP contribution in [0.2, 0.25) is 0 Å². The molecule has 1 aliphatic rings. The first kappa shape index (κ1) is 19.0. The van der Waals surface area contributed by atoms with E-state index in [1.807, 2.05) is 0 Å². The molecule has 1 saturated heterocycles. The molecule has 4 rings (SSSR count). The highest BCUT2D eigenvalue weighted by molar-refractivity contribution is 6.05. The summed E-state index contributed by atoms with van der Waals surface area (Å²) < 4.78 is 18.9. The molecule has 3 aromatic rings. The number of piperidine rings is 1. The highest BCUT2D eigenvalue weighted by Gasteiger charge is 2.31. The average Bonchev–Trinajstić information content (AvgIpc) is 2.77. The molecule has 6 nitrogen and oxygen atoms in total. The smallest absolute Gasteiger partial charge is 0.256 e. The molecule has 1 aliphatic heterocycles. The van der Waals surface area contributed by atoms with E-state index in [-0.39, 0.29) is 23.8 Å². The summed E-state index contributed by atoms with van der Waals surface area (Å²) in [5.74, 6) is -0.961. The predicted octanol–water partition coefficient (Wildman–Crippen LogP) is 3.51. The summed E-state index contributed by atoms with van der Waals surface area (Å²) in [6.07, 6.45) is 4.46. The zero-order valence-corrected chi connectivity index (χ0v) is 16.0. The van der Waals surface area contributed by atoms with Gasteiger partial charge in [0.15, 0.2) is 5.78 Å². The molecule has 0 bridgehead atoms. The van der Waals surface area contributed by atoms with Gasteiger partial charge in [-0.15, -0.1) is 0 Å². The molecule has 0 saturated carbocycles. The van der Waals surface area contributed by atoms with Crippen LogP contribution in [-0.2, 0) is 0 Å². The van der Waals surface area contributed by atoms with Crippen LogP contribution in [-0.4, -0.2) is 46.8 Å². The average molecular weight is 393 g/mol.